The van der Waals surface area contributed by atoms with Gasteiger partial charge in [-0.05, 0) is 36.1 Å². The molecule has 2 unspecified atom stereocenters. The molecule has 0 aliphatic heterocycles. The first kappa shape index (κ1) is 31.3. The van der Waals surface area contributed by atoms with Crippen molar-refractivity contribution in [3.8, 4) is 0 Å². The van der Waals surface area contributed by atoms with Gasteiger partial charge in [0.1, 0.15) is 25.3 Å². The minimum absolute atomic E-state index is 0.00413. The third-order valence-corrected chi connectivity index (χ3v) is 7.26. The molecular formula is C30H34N2O8S. The van der Waals surface area contributed by atoms with Gasteiger partial charge in [-0.1, -0.05) is 92.2 Å². The van der Waals surface area contributed by atoms with Crippen molar-refractivity contribution in [1.82, 2.24) is 10.6 Å². The fraction of sp³-hybridized carbons (Fsp3) is 0.300. The summed E-state index contributed by atoms with van der Waals surface area (Å²) in [5, 5.41) is 4.90. The number of aryl methyl sites for hydroxylation is 1. The smallest absolute Gasteiger partial charge is 0.408 e. The Balaban J connectivity index is 1.71. The highest BCUT2D eigenvalue weighted by Crippen LogP contribution is 2.14. The van der Waals surface area contributed by atoms with Crippen molar-refractivity contribution in [2.75, 3.05) is 6.61 Å². The molecule has 0 saturated heterocycles. The Hall–Kier alpha value is -4.22. The van der Waals surface area contributed by atoms with Crippen LogP contribution in [0.5, 0.6) is 0 Å². The molecule has 0 saturated carbocycles. The number of hydrogen-bond acceptors (Lipinski definition) is 8. The van der Waals surface area contributed by atoms with E-state index in [1.165, 1.54) is 12.1 Å². The molecule has 2 N–H and O–H groups in total. The quantitative estimate of drug-likeness (QED) is 0.229. The minimum atomic E-state index is -4.26. The number of benzene rings is 3. The Kier molecular flexibility index (Phi) is 11.4. The lowest BCUT2D eigenvalue weighted by molar-refractivity contribution is -0.150. The van der Waals surface area contributed by atoms with Gasteiger partial charge in [0.2, 0.25) is 5.91 Å². The van der Waals surface area contributed by atoms with Crippen LogP contribution in [0.1, 0.15) is 30.5 Å². The highest BCUT2D eigenvalue weighted by Gasteiger charge is 2.31. The number of hydrogen-bond donors (Lipinski definition) is 2. The molecule has 0 bridgehead atoms. The molecule has 2 amide bonds. The molecule has 10 nitrogen and oxygen atoms in total. The first-order chi connectivity index (χ1) is 19.5. The maximum atomic E-state index is 13.3. The third kappa shape index (κ3) is 10.0. The average molecular weight is 583 g/mol. The monoisotopic (exact) mass is 582 g/mol. The van der Waals surface area contributed by atoms with Crippen LogP contribution in [0.25, 0.3) is 0 Å². The fourth-order valence-corrected chi connectivity index (χ4v) is 4.51. The van der Waals surface area contributed by atoms with E-state index in [2.05, 4.69) is 10.6 Å². The molecular weight excluding hydrogens is 548 g/mol. The van der Waals surface area contributed by atoms with Crippen LogP contribution in [-0.4, -0.2) is 45.1 Å². The second-order valence-electron chi connectivity index (χ2n) is 9.63. The summed E-state index contributed by atoms with van der Waals surface area (Å²) in [7, 11) is -4.26. The van der Waals surface area contributed by atoms with Gasteiger partial charge < -0.3 is 20.1 Å². The molecule has 218 valence electrons. The van der Waals surface area contributed by atoms with Crippen LogP contribution in [0.3, 0.4) is 0 Å². The van der Waals surface area contributed by atoms with Gasteiger partial charge in [0.15, 0.2) is 0 Å². The predicted molar refractivity (Wildman–Crippen MR) is 151 cm³/mol. The van der Waals surface area contributed by atoms with Gasteiger partial charge in [-0.25, -0.2) is 9.59 Å². The number of esters is 1. The zero-order valence-electron chi connectivity index (χ0n) is 23.1. The van der Waals surface area contributed by atoms with E-state index in [0.717, 1.165) is 11.1 Å². The van der Waals surface area contributed by atoms with Gasteiger partial charge in [-0.2, -0.15) is 8.42 Å². The van der Waals surface area contributed by atoms with Crippen LogP contribution in [0, 0.1) is 12.8 Å². The number of carbonyl (C=O) groups is 3. The zero-order valence-corrected chi connectivity index (χ0v) is 23.9. The lowest BCUT2D eigenvalue weighted by Gasteiger charge is -2.24. The molecule has 0 aliphatic rings. The Bertz CT molecular complexity index is 1400. The topological polar surface area (TPSA) is 137 Å². The van der Waals surface area contributed by atoms with Gasteiger partial charge in [-0.15, -0.1) is 0 Å². The largest absolute Gasteiger partial charge is 0.459 e. The number of amides is 2. The summed E-state index contributed by atoms with van der Waals surface area (Å²) in [5.41, 5.74) is 2.33. The van der Waals surface area contributed by atoms with Crippen LogP contribution in [-0.2, 0) is 46.6 Å². The first-order valence-corrected chi connectivity index (χ1v) is 14.4. The average Bonchev–Trinajstić information content (AvgIpc) is 2.96. The lowest BCUT2D eigenvalue weighted by Crippen LogP contribution is -2.55. The maximum Gasteiger partial charge on any atom is 0.408 e. The summed E-state index contributed by atoms with van der Waals surface area (Å²) in [6, 6.07) is 21.3. The Morgan fingerprint density at radius 2 is 1.29 bits per heavy atom. The second-order valence-corrected chi connectivity index (χ2v) is 11.2. The van der Waals surface area contributed by atoms with Crippen molar-refractivity contribution in [2.24, 2.45) is 5.92 Å². The number of alkyl carbamates (subject to hydrolysis) is 1. The summed E-state index contributed by atoms with van der Waals surface area (Å²) in [6.45, 7) is 4.41. The summed E-state index contributed by atoms with van der Waals surface area (Å²) in [4.78, 5) is 38.6. The molecule has 41 heavy (non-hydrogen) atoms. The predicted octanol–water partition coefficient (Wildman–Crippen LogP) is 3.88. The summed E-state index contributed by atoms with van der Waals surface area (Å²) < 4.78 is 41.2. The highest BCUT2D eigenvalue weighted by atomic mass is 32.2. The molecule has 0 aromatic heterocycles. The first-order valence-electron chi connectivity index (χ1n) is 13.0. The van der Waals surface area contributed by atoms with Crippen LogP contribution in [0.15, 0.2) is 89.8 Å². The van der Waals surface area contributed by atoms with E-state index in [1.54, 1.807) is 69.3 Å². The SMILES string of the molecule is Cc1ccc(S(=O)(=O)OCC(NC(=O)OCc2ccccc2)C(=O)NC(C(=O)OCc2ccccc2)C(C)C)cc1. The van der Waals surface area contributed by atoms with E-state index in [0.29, 0.717) is 5.56 Å². The van der Waals surface area contributed by atoms with E-state index in [9.17, 15) is 22.8 Å². The van der Waals surface area contributed by atoms with Gasteiger partial charge in [0.25, 0.3) is 10.1 Å². The van der Waals surface area contributed by atoms with Gasteiger partial charge >= 0.3 is 12.1 Å². The molecule has 0 radical (unpaired) electrons. The molecule has 0 spiro atoms. The molecule has 2 atom stereocenters. The van der Waals surface area contributed by atoms with Crippen molar-refractivity contribution in [3.63, 3.8) is 0 Å². The van der Waals surface area contributed by atoms with Crippen molar-refractivity contribution >= 4 is 28.1 Å². The zero-order chi connectivity index (χ0) is 29.8. The molecule has 0 aliphatic carbocycles. The standard InChI is InChI=1S/C30H34N2O8S/c1-21(2)27(29(34)38-18-23-10-6-4-7-11-23)32-28(33)26(31-30(35)39-19-24-12-8-5-9-13-24)20-40-41(36,37)25-16-14-22(3)15-17-25/h4-17,21,26-27H,18-20H2,1-3H3,(H,31,35)(H,32,33). The Labute approximate surface area is 240 Å². The number of ether oxygens (including phenoxy) is 2. The van der Waals surface area contributed by atoms with E-state index in [-0.39, 0.29) is 24.0 Å². The molecule has 3 rings (SSSR count). The fourth-order valence-electron chi connectivity index (χ4n) is 3.59. The lowest BCUT2D eigenvalue weighted by atomic mass is 10.0. The third-order valence-electron chi connectivity index (χ3n) is 5.96. The van der Waals surface area contributed by atoms with Gasteiger partial charge in [0, 0.05) is 0 Å². The summed E-state index contributed by atoms with van der Waals surface area (Å²) >= 11 is 0. The van der Waals surface area contributed by atoms with E-state index in [1.807, 2.05) is 24.3 Å². The number of carbonyl (C=O) groups excluding carboxylic acids is 3. The van der Waals surface area contributed by atoms with E-state index >= 15 is 0 Å². The normalized spacial score (nSPS) is 12.7. The molecule has 3 aromatic carbocycles. The second kappa shape index (κ2) is 15.0. The highest BCUT2D eigenvalue weighted by molar-refractivity contribution is 7.86. The van der Waals surface area contributed by atoms with Crippen LogP contribution >= 0.6 is 0 Å². The molecule has 0 fully saturated rings. The van der Waals surface area contributed by atoms with Crippen molar-refractivity contribution < 1.29 is 36.5 Å². The summed E-state index contributed by atoms with van der Waals surface area (Å²) in [6.07, 6.45) is -0.974. The summed E-state index contributed by atoms with van der Waals surface area (Å²) in [5.74, 6) is -1.92. The van der Waals surface area contributed by atoms with Crippen molar-refractivity contribution in [3.05, 3.63) is 102 Å². The Morgan fingerprint density at radius 3 is 1.83 bits per heavy atom. The van der Waals surface area contributed by atoms with E-state index < -0.39 is 46.8 Å². The number of rotatable bonds is 13. The molecule has 3 aromatic rings. The van der Waals surface area contributed by atoms with Crippen LogP contribution in [0.2, 0.25) is 0 Å². The van der Waals surface area contributed by atoms with Crippen molar-refractivity contribution in [1.29, 1.82) is 0 Å². The van der Waals surface area contributed by atoms with E-state index in [4.69, 9.17) is 13.7 Å². The maximum absolute atomic E-state index is 13.3. The van der Waals surface area contributed by atoms with Crippen molar-refractivity contribution in [2.45, 2.75) is 51.0 Å². The van der Waals surface area contributed by atoms with Gasteiger partial charge in [0.05, 0.1) is 11.5 Å². The molecule has 11 heteroatoms. The number of nitrogens with one attached hydrogen (secondary N) is 2. The van der Waals surface area contributed by atoms with Crippen LogP contribution < -0.4 is 10.6 Å². The minimum Gasteiger partial charge on any atom is -0.459 e. The molecule has 0 heterocycles. The van der Waals surface area contributed by atoms with Gasteiger partial charge in [-0.3, -0.25) is 8.98 Å². The Morgan fingerprint density at radius 1 is 0.756 bits per heavy atom. The van der Waals surface area contributed by atoms with Crippen LogP contribution in [0.4, 0.5) is 4.79 Å².